The van der Waals surface area contributed by atoms with Crippen molar-refractivity contribution in [2.45, 2.75) is 19.8 Å². The minimum atomic E-state index is 0.0867. The quantitative estimate of drug-likeness (QED) is 0.867. The second kappa shape index (κ2) is 6.26. The van der Waals surface area contributed by atoms with Crippen LogP contribution in [0.5, 0.6) is 0 Å². The SMILES string of the molecule is CC(=O)Cc1nsc(NCCc2ccccc2)n1. The first kappa shape index (κ1) is 12.7. The van der Waals surface area contributed by atoms with Gasteiger partial charge in [0.05, 0.1) is 6.42 Å². The summed E-state index contributed by atoms with van der Waals surface area (Å²) in [4.78, 5) is 15.2. The molecule has 18 heavy (non-hydrogen) atoms. The van der Waals surface area contributed by atoms with Crippen molar-refractivity contribution in [3.63, 3.8) is 0 Å². The molecule has 1 aromatic heterocycles. The van der Waals surface area contributed by atoms with E-state index in [0.29, 0.717) is 12.2 Å². The van der Waals surface area contributed by atoms with Crippen LogP contribution in [0.25, 0.3) is 0 Å². The average molecular weight is 261 g/mol. The van der Waals surface area contributed by atoms with Crippen LogP contribution in [-0.2, 0) is 17.6 Å². The number of ketones is 1. The molecule has 0 aliphatic carbocycles. The largest absolute Gasteiger partial charge is 0.360 e. The smallest absolute Gasteiger partial charge is 0.202 e. The monoisotopic (exact) mass is 261 g/mol. The summed E-state index contributed by atoms with van der Waals surface area (Å²) < 4.78 is 4.13. The summed E-state index contributed by atoms with van der Waals surface area (Å²) in [6, 6.07) is 10.3. The fraction of sp³-hybridized carbons (Fsp3) is 0.308. The number of Topliss-reactive ketones (excluding diaryl/α,β-unsaturated/α-hetero) is 1. The zero-order valence-electron chi connectivity index (χ0n) is 10.2. The summed E-state index contributed by atoms with van der Waals surface area (Å²) in [5.74, 6) is 0.693. The van der Waals surface area contributed by atoms with E-state index in [9.17, 15) is 4.79 Å². The van der Waals surface area contributed by atoms with Crippen LogP contribution in [0.2, 0.25) is 0 Å². The summed E-state index contributed by atoms with van der Waals surface area (Å²) in [5, 5.41) is 4.00. The standard InChI is InChI=1S/C13H15N3OS/c1-10(17)9-12-15-13(18-16-12)14-8-7-11-5-3-2-4-6-11/h2-6H,7-9H2,1H3,(H,14,15,16). The van der Waals surface area contributed by atoms with E-state index < -0.39 is 0 Å². The molecule has 0 saturated carbocycles. The highest BCUT2D eigenvalue weighted by Crippen LogP contribution is 2.11. The van der Waals surface area contributed by atoms with Crippen LogP contribution in [0.3, 0.4) is 0 Å². The molecule has 0 unspecified atom stereocenters. The first-order valence-corrected chi connectivity index (χ1v) is 6.61. The molecule has 1 N–H and O–H groups in total. The number of anilines is 1. The molecule has 0 spiro atoms. The van der Waals surface area contributed by atoms with Gasteiger partial charge in [0, 0.05) is 18.1 Å². The molecule has 0 atom stereocenters. The summed E-state index contributed by atoms with van der Waals surface area (Å²) in [7, 11) is 0. The Morgan fingerprint density at radius 3 is 2.83 bits per heavy atom. The van der Waals surface area contributed by atoms with Crippen LogP contribution >= 0.6 is 11.5 Å². The van der Waals surface area contributed by atoms with E-state index in [1.54, 1.807) is 6.92 Å². The Balaban J connectivity index is 1.80. The van der Waals surface area contributed by atoms with E-state index in [0.717, 1.165) is 18.1 Å². The average Bonchev–Trinajstić information content (AvgIpc) is 2.77. The number of benzene rings is 1. The van der Waals surface area contributed by atoms with Crippen molar-refractivity contribution in [1.82, 2.24) is 9.36 Å². The van der Waals surface area contributed by atoms with Gasteiger partial charge in [-0.1, -0.05) is 30.3 Å². The lowest BCUT2D eigenvalue weighted by Crippen LogP contribution is -2.05. The molecule has 5 heteroatoms. The Morgan fingerprint density at radius 1 is 1.33 bits per heavy atom. The number of carbonyl (C=O) groups excluding carboxylic acids is 1. The van der Waals surface area contributed by atoms with E-state index in [4.69, 9.17) is 0 Å². The number of nitrogens with zero attached hydrogens (tertiary/aromatic N) is 2. The zero-order chi connectivity index (χ0) is 12.8. The van der Waals surface area contributed by atoms with Gasteiger partial charge in [-0.15, -0.1) is 0 Å². The molecule has 0 aliphatic rings. The first-order valence-electron chi connectivity index (χ1n) is 5.84. The van der Waals surface area contributed by atoms with Crippen LogP contribution in [0.4, 0.5) is 5.13 Å². The van der Waals surface area contributed by atoms with E-state index in [1.807, 2.05) is 18.2 Å². The van der Waals surface area contributed by atoms with E-state index in [2.05, 4.69) is 26.8 Å². The summed E-state index contributed by atoms with van der Waals surface area (Å²) in [6.45, 7) is 2.36. The normalized spacial score (nSPS) is 10.3. The molecular weight excluding hydrogens is 246 g/mol. The second-order valence-corrected chi connectivity index (χ2v) is 4.81. The van der Waals surface area contributed by atoms with Crippen molar-refractivity contribution in [3.8, 4) is 0 Å². The van der Waals surface area contributed by atoms with Crippen LogP contribution in [-0.4, -0.2) is 21.7 Å². The highest BCUT2D eigenvalue weighted by molar-refractivity contribution is 7.09. The third-order valence-corrected chi connectivity index (χ3v) is 3.12. The van der Waals surface area contributed by atoms with E-state index in [1.165, 1.54) is 17.1 Å². The molecule has 1 aromatic carbocycles. The van der Waals surface area contributed by atoms with E-state index >= 15 is 0 Å². The maximum atomic E-state index is 10.9. The van der Waals surface area contributed by atoms with Crippen LogP contribution in [0.15, 0.2) is 30.3 Å². The molecule has 2 aromatic rings. The Hall–Kier alpha value is -1.75. The van der Waals surface area contributed by atoms with Crippen molar-refractivity contribution in [2.24, 2.45) is 0 Å². The molecular formula is C13H15N3OS. The molecule has 94 valence electrons. The molecule has 0 aliphatic heterocycles. The van der Waals surface area contributed by atoms with Crippen molar-refractivity contribution >= 4 is 22.4 Å². The van der Waals surface area contributed by atoms with Gasteiger partial charge in [-0.05, 0) is 18.9 Å². The lowest BCUT2D eigenvalue weighted by Gasteiger charge is -2.01. The van der Waals surface area contributed by atoms with Gasteiger partial charge in [-0.25, -0.2) is 4.98 Å². The van der Waals surface area contributed by atoms with Gasteiger partial charge in [-0.2, -0.15) is 4.37 Å². The van der Waals surface area contributed by atoms with Crippen LogP contribution in [0.1, 0.15) is 18.3 Å². The zero-order valence-corrected chi connectivity index (χ0v) is 11.0. The van der Waals surface area contributed by atoms with E-state index in [-0.39, 0.29) is 5.78 Å². The number of rotatable bonds is 6. The van der Waals surface area contributed by atoms with Gasteiger partial charge in [0.25, 0.3) is 0 Å². The van der Waals surface area contributed by atoms with Crippen molar-refractivity contribution in [1.29, 1.82) is 0 Å². The van der Waals surface area contributed by atoms with Crippen molar-refractivity contribution in [3.05, 3.63) is 41.7 Å². The van der Waals surface area contributed by atoms with Gasteiger partial charge < -0.3 is 5.32 Å². The Morgan fingerprint density at radius 2 is 2.11 bits per heavy atom. The highest BCUT2D eigenvalue weighted by Gasteiger charge is 2.05. The van der Waals surface area contributed by atoms with Crippen molar-refractivity contribution < 1.29 is 4.79 Å². The van der Waals surface area contributed by atoms with Gasteiger partial charge in [-0.3, -0.25) is 4.79 Å². The topological polar surface area (TPSA) is 54.9 Å². The maximum absolute atomic E-state index is 10.9. The Kier molecular flexibility index (Phi) is 4.41. The molecule has 0 radical (unpaired) electrons. The summed E-state index contributed by atoms with van der Waals surface area (Å²) >= 11 is 1.30. The predicted molar refractivity (Wildman–Crippen MR) is 72.9 cm³/mol. The highest BCUT2D eigenvalue weighted by atomic mass is 32.1. The molecule has 4 nitrogen and oxygen atoms in total. The number of hydrogen-bond acceptors (Lipinski definition) is 5. The fourth-order valence-electron chi connectivity index (χ4n) is 1.58. The summed E-state index contributed by atoms with van der Waals surface area (Å²) in [5.41, 5.74) is 1.29. The third-order valence-electron chi connectivity index (χ3n) is 2.41. The number of nitrogens with one attached hydrogen (secondary N) is 1. The summed E-state index contributed by atoms with van der Waals surface area (Å²) in [6.07, 6.45) is 1.26. The lowest BCUT2D eigenvalue weighted by atomic mass is 10.1. The van der Waals surface area contributed by atoms with Gasteiger partial charge in [0.1, 0.15) is 5.78 Å². The van der Waals surface area contributed by atoms with Crippen LogP contribution in [0, 0.1) is 0 Å². The number of carbonyl (C=O) groups is 1. The fourth-order valence-corrected chi connectivity index (χ4v) is 2.19. The van der Waals surface area contributed by atoms with Gasteiger partial charge >= 0.3 is 0 Å². The predicted octanol–water partition coefficient (Wildman–Crippen LogP) is 2.32. The molecule has 0 bridgehead atoms. The minimum absolute atomic E-state index is 0.0867. The third kappa shape index (κ3) is 3.92. The number of hydrogen-bond donors (Lipinski definition) is 1. The molecule has 1 heterocycles. The molecule has 2 rings (SSSR count). The first-order chi connectivity index (χ1) is 8.74. The minimum Gasteiger partial charge on any atom is -0.360 e. The van der Waals surface area contributed by atoms with Crippen LogP contribution < -0.4 is 5.32 Å². The van der Waals surface area contributed by atoms with Gasteiger partial charge in [0.2, 0.25) is 5.13 Å². The maximum Gasteiger partial charge on any atom is 0.202 e. The Labute approximate surface area is 110 Å². The lowest BCUT2D eigenvalue weighted by molar-refractivity contribution is -0.116. The number of aromatic nitrogens is 2. The molecule has 0 fully saturated rings. The Bertz CT molecular complexity index is 510. The van der Waals surface area contributed by atoms with Gasteiger partial charge in [0.15, 0.2) is 5.82 Å². The molecule has 0 amide bonds. The molecule has 0 saturated heterocycles. The second-order valence-electron chi connectivity index (χ2n) is 4.06. The van der Waals surface area contributed by atoms with Crippen molar-refractivity contribution in [2.75, 3.05) is 11.9 Å².